The zero-order chi connectivity index (χ0) is 26.0. The molecule has 2 amide bonds. The number of aromatic hydroxyl groups is 1. The zero-order valence-electron chi connectivity index (χ0n) is 19.8. The molecular formula is C29H24Cl2N2O3S. The normalized spacial score (nSPS) is 14.8. The van der Waals surface area contributed by atoms with E-state index in [1.807, 2.05) is 36.4 Å². The number of piperidine rings is 1. The summed E-state index contributed by atoms with van der Waals surface area (Å²) in [6.45, 7) is 1.39. The molecule has 5 nitrogen and oxygen atoms in total. The molecule has 2 heterocycles. The lowest BCUT2D eigenvalue weighted by Crippen LogP contribution is -2.52. The zero-order valence-corrected chi connectivity index (χ0v) is 22.1. The summed E-state index contributed by atoms with van der Waals surface area (Å²) in [6.07, 6.45) is 1.20. The second-order valence-corrected chi connectivity index (χ2v) is 10.9. The van der Waals surface area contributed by atoms with E-state index in [1.165, 1.54) is 11.3 Å². The first-order chi connectivity index (χ1) is 17.9. The van der Waals surface area contributed by atoms with Crippen molar-refractivity contribution < 1.29 is 14.7 Å². The maximum Gasteiger partial charge on any atom is 0.267 e. The number of nitrogens with one attached hydrogen (secondary N) is 2. The minimum Gasteiger partial charge on any atom is -0.508 e. The molecule has 0 saturated carbocycles. The Morgan fingerprint density at radius 3 is 2.27 bits per heavy atom. The van der Waals surface area contributed by atoms with Gasteiger partial charge in [-0.15, -0.1) is 11.3 Å². The molecule has 3 aromatic carbocycles. The third-order valence-electron chi connectivity index (χ3n) is 6.75. The molecule has 1 saturated heterocycles. The van der Waals surface area contributed by atoms with Gasteiger partial charge in [-0.1, -0.05) is 59.6 Å². The van der Waals surface area contributed by atoms with Crippen LogP contribution in [0.25, 0.3) is 21.6 Å². The summed E-state index contributed by atoms with van der Waals surface area (Å²) in [4.78, 5) is 28.3. The van der Waals surface area contributed by atoms with Gasteiger partial charge in [-0.05, 0) is 79.5 Å². The Labute approximate surface area is 229 Å². The highest BCUT2D eigenvalue weighted by Gasteiger charge is 2.42. The number of carbonyl (C=O) groups excluding carboxylic acids is 2. The van der Waals surface area contributed by atoms with Crippen LogP contribution in [0.5, 0.6) is 5.75 Å². The van der Waals surface area contributed by atoms with Crippen molar-refractivity contribution >= 4 is 46.4 Å². The summed E-state index contributed by atoms with van der Waals surface area (Å²) in [6, 6.07) is 23.3. The van der Waals surface area contributed by atoms with Crippen molar-refractivity contribution in [2.75, 3.05) is 13.1 Å². The molecule has 0 unspecified atom stereocenters. The lowest BCUT2D eigenvalue weighted by Gasteiger charge is -2.36. The SMILES string of the molecule is O=C(NC(=O)C1(c2ccccc2)CCNCC1)c1cc(-c2ccc(Cl)cc2Cl)c(-c2ccc(O)cc2)s1. The molecule has 1 fully saturated rings. The fraction of sp³-hybridized carbons (Fsp3) is 0.172. The monoisotopic (exact) mass is 550 g/mol. The highest BCUT2D eigenvalue weighted by molar-refractivity contribution is 7.18. The predicted octanol–water partition coefficient (Wildman–Crippen LogP) is 6.67. The molecule has 4 aromatic rings. The maximum atomic E-state index is 13.6. The van der Waals surface area contributed by atoms with Gasteiger partial charge in [-0.25, -0.2) is 0 Å². The molecule has 1 aliphatic heterocycles. The third kappa shape index (κ3) is 5.15. The third-order valence-corrected chi connectivity index (χ3v) is 8.48. The molecule has 0 bridgehead atoms. The number of benzene rings is 3. The number of phenols is 1. The molecule has 5 rings (SSSR count). The highest BCUT2D eigenvalue weighted by atomic mass is 35.5. The van der Waals surface area contributed by atoms with Crippen LogP contribution in [-0.4, -0.2) is 30.0 Å². The predicted molar refractivity (Wildman–Crippen MR) is 150 cm³/mol. The molecule has 188 valence electrons. The average molecular weight is 551 g/mol. The van der Waals surface area contributed by atoms with Gasteiger partial charge < -0.3 is 10.4 Å². The first kappa shape index (κ1) is 25.5. The Kier molecular flexibility index (Phi) is 7.36. The molecule has 1 aliphatic rings. The highest BCUT2D eigenvalue weighted by Crippen LogP contribution is 2.43. The molecular weight excluding hydrogens is 527 g/mol. The average Bonchev–Trinajstić information content (AvgIpc) is 3.35. The van der Waals surface area contributed by atoms with Gasteiger partial charge >= 0.3 is 0 Å². The first-order valence-corrected chi connectivity index (χ1v) is 13.5. The molecule has 37 heavy (non-hydrogen) atoms. The van der Waals surface area contributed by atoms with E-state index in [9.17, 15) is 14.7 Å². The summed E-state index contributed by atoms with van der Waals surface area (Å²) in [7, 11) is 0. The Balaban J connectivity index is 1.51. The van der Waals surface area contributed by atoms with Crippen LogP contribution in [-0.2, 0) is 10.2 Å². The number of carbonyl (C=O) groups is 2. The van der Waals surface area contributed by atoms with Crippen LogP contribution in [0, 0.1) is 0 Å². The quantitative estimate of drug-likeness (QED) is 0.242. The molecule has 0 atom stereocenters. The van der Waals surface area contributed by atoms with Gasteiger partial charge in [-0.3, -0.25) is 14.9 Å². The Morgan fingerprint density at radius 2 is 1.59 bits per heavy atom. The van der Waals surface area contributed by atoms with E-state index >= 15 is 0 Å². The molecule has 8 heteroatoms. The van der Waals surface area contributed by atoms with Gasteiger partial charge in [0.25, 0.3) is 5.91 Å². The second kappa shape index (κ2) is 10.7. The lowest BCUT2D eigenvalue weighted by atomic mass is 9.72. The van der Waals surface area contributed by atoms with Crippen LogP contribution in [0.4, 0.5) is 0 Å². The van der Waals surface area contributed by atoms with Crippen LogP contribution in [0.15, 0.2) is 78.9 Å². The summed E-state index contributed by atoms with van der Waals surface area (Å²) in [5.41, 5.74) is 2.41. The number of rotatable bonds is 5. The topological polar surface area (TPSA) is 78.4 Å². The van der Waals surface area contributed by atoms with Crippen LogP contribution in [0.2, 0.25) is 10.0 Å². The standard InChI is InChI=1S/C29H24Cl2N2O3S/c30-20-8-11-22(24(31)16-20)23-17-25(37-26(23)18-6-9-21(34)10-7-18)27(35)33-28(36)29(12-14-32-15-13-29)19-4-2-1-3-5-19/h1-11,16-17,32,34H,12-15H2,(H,33,35,36). The number of amides is 2. The first-order valence-electron chi connectivity index (χ1n) is 11.9. The van der Waals surface area contributed by atoms with Gasteiger partial charge in [0.2, 0.25) is 5.91 Å². The molecule has 0 spiro atoms. The van der Waals surface area contributed by atoms with E-state index in [0.717, 1.165) is 27.1 Å². The van der Waals surface area contributed by atoms with Crippen LogP contribution in [0.1, 0.15) is 28.1 Å². The number of thiophene rings is 1. The Morgan fingerprint density at radius 1 is 0.892 bits per heavy atom. The van der Waals surface area contributed by atoms with E-state index in [0.29, 0.717) is 40.9 Å². The molecule has 1 aromatic heterocycles. The Bertz CT molecular complexity index is 1450. The maximum absolute atomic E-state index is 13.6. The number of hydrogen-bond acceptors (Lipinski definition) is 5. The van der Waals surface area contributed by atoms with E-state index in [2.05, 4.69) is 10.6 Å². The summed E-state index contributed by atoms with van der Waals surface area (Å²) < 4.78 is 0. The van der Waals surface area contributed by atoms with Gasteiger partial charge in [0.05, 0.1) is 10.3 Å². The van der Waals surface area contributed by atoms with Crippen molar-refractivity contribution in [1.82, 2.24) is 10.6 Å². The number of hydrogen-bond donors (Lipinski definition) is 3. The van der Waals surface area contributed by atoms with E-state index < -0.39 is 11.3 Å². The van der Waals surface area contributed by atoms with Crippen molar-refractivity contribution in [3.8, 4) is 27.3 Å². The van der Waals surface area contributed by atoms with E-state index in [4.69, 9.17) is 23.2 Å². The number of imide groups is 1. The largest absolute Gasteiger partial charge is 0.508 e. The summed E-state index contributed by atoms with van der Waals surface area (Å²) >= 11 is 13.9. The second-order valence-electron chi connectivity index (χ2n) is 9.01. The van der Waals surface area contributed by atoms with Crippen molar-refractivity contribution in [2.45, 2.75) is 18.3 Å². The van der Waals surface area contributed by atoms with Crippen LogP contribution >= 0.6 is 34.5 Å². The molecule has 3 N–H and O–H groups in total. The summed E-state index contributed by atoms with van der Waals surface area (Å²) in [5.74, 6) is -0.612. The van der Waals surface area contributed by atoms with Crippen molar-refractivity contribution in [1.29, 1.82) is 0 Å². The lowest BCUT2D eigenvalue weighted by molar-refractivity contribution is -0.126. The number of phenolic OH excluding ortho intramolecular Hbond substituents is 1. The fourth-order valence-electron chi connectivity index (χ4n) is 4.78. The van der Waals surface area contributed by atoms with Gasteiger partial charge in [-0.2, -0.15) is 0 Å². The smallest absolute Gasteiger partial charge is 0.267 e. The minimum absolute atomic E-state index is 0.142. The minimum atomic E-state index is -0.776. The fourth-order valence-corrected chi connectivity index (χ4v) is 6.36. The van der Waals surface area contributed by atoms with E-state index in [-0.39, 0.29) is 11.7 Å². The van der Waals surface area contributed by atoms with Gasteiger partial charge in [0.1, 0.15) is 5.75 Å². The molecule has 0 aliphatic carbocycles. The number of halogens is 2. The van der Waals surface area contributed by atoms with Gasteiger partial charge in [0, 0.05) is 26.0 Å². The van der Waals surface area contributed by atoms with Crippen molar-refractivity contribution in [3.05, 3.63) is 99.3 Å². The molecule has 0 radical (unpaired) electrons. The Hall–Kier alpha value is -3.16. The van der Waals surface area contributed by atoms with Crippen LogP contribution < -0.4 is 10.6 Å². The van der Waals surface area contributed by atoms with Crippen molar-refractivity contribution in [2.24, 2.45) is 0 Å². The van der Waals surface area contributed by atoms with Crippen molar-refractivity contribution in [3.63, 3.8) is 0 Å². The van der Waals surface area contributed by atoms with E-state index in [1.54, 1.807) is 42.5 Å². The van der Waals surface area contributed by atoms with Crippen LogP contribution in [0.3, 0.4) is 0 Å². The summed E-state index contributed by atoms with van der Waals surface area (Å²) in [5, 5.41) is 16.7. The van der Waals surface area contributed by atoms with Gasteiger partial charge in [0.15, 0.2) is 0 Å².